The number of carboxylic acids is 2. The molecule has 1 saturated heterocycles. The number of thioether (sulfide) groups is 1. The lowest BCUT2D eigenvalue weighted by Crippen LogP contribution is -2.47. The molecule has 15 heavy (non-hydrogen) atoms. The Kier molecular flexibility index (Phi) is 2.43. The molecule has 0 saturated carbocycles. The molecule has 5 nitrogen and oxygen atoms in total. The number of aliphatic carboxylic acids is 2. The van der Waals surface area contributed by atoms with Gasteiger partial charge in [0.2, 0.25) is 0 Å². The molecule has 0 radical (unpaired) electrons. The van der Waals surface area contributed by atoms with Gasteiger partial charge >= 0.3 is 11.9 Å². The normalized spacial score (nSPS) is 23.9. The van der Waals surface area contributed by atoms with E-state index in [1.807, 2.05) is 0 Å². The Morgan fingerprint density at radius 1 is 1.53 bits per heavy atom. The van der Waals surface area contributed by atoms with E-state index in [-0.39, 0.29) is 17.5 Å². The standard InChI is InChI=1S/C8H7NO4S2/c10-6(11)1-3-7(8(12)13)9-4(14)2-5(9)15-3/h5H,1-2H2,(H,10,11)(H,12,13)/t5-/m0/s1. The van der Waals surface area contributed by atoms with Crippen LogP contribution in [-0.2, 0) is 9.59 Å². The van der Waals surface area contributed by atoms with Crippen LogP contribution in [0.1, 0.15) is 12.8 Å². The first kappa shape index (κ1) is 10.4. The lowest BCUT2D eigenvalue weighted by Gasteiger charge is -2.37. The van der Waals surface area contributed by atoms with Crippen LogP contribution in [0.25, 0.3) is 0 Å². The lowest BCUT2D eigenvalue weighted by atomic mass is 10.1. The molecule has 2 N–H and O–H groups in total. The zero-order valence-corrected chi connectivity index (χ0v) is 9.10. The third kappa shape index (κ3) is 1.61. The Bertz CT molecular complexity index is 403. The molecule has 2 heterocycles. The van der Waals surface area contributed by atoms with Crippen LogP contribution in [0.2, 0.25) is 0 Å². The lowest BCUT2D eigenvalue weighted by molar-refractivity contribution is -0.136. The smallest absolute Gasteiger partial charge is 0.353 e. The van der Waals surface area contributed by atoms with Crippen LogP contribution in [0.15, 0.2) is 10.6 Å². The van der Waals surface area contributed by atoms with Crippen LogP contribution in [0, 0.1) is 0 Å². The summed E-state index contributed by atoms with van der Waals surface area (Å²) < 4.78 is 0. The summed E-state index contributed by atoms with van der Waals surface area (Å²) in [5.74, 6) is -2.13. The van der Waals surface area contributed by atoms with Crippen molar-refractivity contribution < 1.29 is 19.8 Å². The fourth-order valence-electron chi connectivity index (χ4n) is 1.59. The summed E-state index contributed by atoms with van der Waals surface area (Å²) in [5, 5.41) is 17.6. The molecule has 1 atom stereocenters. The maximum Gasteiger partial charge on any atom is 0.353 e. The molecule has 7 heteroatoms. The molecule has 2 rings (SSSR count). The molecular weight excluding hydrogens is 238 g/mol. The summed E-state index contributed by atoms with van der Waals surface area (Å²) in [6, 6.07) is 0. The minimum atomic E-state index is -1.11. The van der Waals surface area contributed by atoms with Gasteiger partial charge < -0.3 is 15.1 Å². The van der Waals surface area contributed by atoms with Crippen molar-refractivity contribution in [3.05, 3.63) is 10.6 Å². The SMILES string of the molecule is O=C(O)CC1=C(C(=O)O)N2C(=S)C[C@@H]2S1. The molecule has 2 aliphatic rings. The maximum atomic E-state index is 11.0. The van der Waals surface area contributed by atoms with E-state index in [0.29, 0.717) is 16.3 Å². The first-order chi connectivity index (χ1) is 7.00. The van der Waals surface area contributed by atoms with Crippen LogP contribution < -0.4 is 0 Å². The number of carboxylic acid groups (broad SMARTS) is 2. The number of hydrogen-bond acceptors (Lipinski definition) is 4. The molecular formula is C8H7NO4S2. The largest absolute Gasteiger partial charge is 0.481 e. The molecule has 80 valence electrons. The van der Waals surface area contributed by atoms with Gasteiger partial charge in [0.25, 0.3) is 0 Å². The Hall–Kier alpha value is -1.08. The van der Waals surface area contributed by atoms with E-state index in [2.05, 4.69) is 0 Å². The van der Waals surface area contributed by atoms with Gasteiger partial charge in [0.05, 0.1) is 16.8 Å². The second kappa shape index (κ2) is 3.49. The second-order valence-corrected chi connectivity index (χ2v) is 4.93. The number of carbonyl (C=O) groups is 2. The van der Waals surface area contributed by atoms with Crippen LogP contribution in [0.3, 0.4) is 0 Å². The van der Waals surface area contributed by atoms with Crippen LogP contribution >= 0.6 is 24.0 Å². The van der Waals surface area contributed by atoms with Crippen molar-refractivity contribution in [1.82, 2.24) is 4.90 Å². The Morgan fingerprint density at radius 3 is 2.67 bits per heavy atom. The van der Waals surface area contributed by atoms with Crippen molar-refractivity contribution >= 4 is 40.9 Å². The van der Waals surface area contributed by atoms with Gasteiger partial charge in [0.15, 0.2) is 0 Å². The Morgan fingerprint density at radius 2 is 2.20 bits per heavy atom. The first-order valence-electron chi connectivity index (χ1n) is 4.17. The number of nitrogens with zero attached hydrogens (tertiary/aromatic N) is 1. The van der Waals surface area contributed by atoms with Gasteiger partial charge in [-0.1, -0.05) is 12.2 Å². The third-order valence-corrected chi connectivity index (χ3v) is 3.84. The summed E-state index contributed by atoms with van der Waals surface area (Å²) in [7, 11) is 0. The summed E-state index contributed by atoms with van der Waals surface area (Å²) in [6.07, 6.45) is 0.405. The highest BCUT2D eigenvalue weighted by Crippen LogP contribution is 2.47. The number of fused-ring (bicyclic) bond motifs is 1. The average Bonchev–Trinajstić information content (AvgIpc) is 2.37. The maximum absolute atomic E-state index is 11.0. The van der Waals surface area contributed by atoms with E-state index in [1.165, 1.54) is 16.7 Å². The molecule has 2 aliphatic heterocycles. The molecule has 0 amide bonds. The van der Waals surface area contributed by atoms with Gasteiger partial charge in [0.1, 0.15) is 5.70 Å². The van der Waals surface area contributed by atoms with Crippen molar-refractivity contribution in [1.29, 1.82) is 0 Å². The summed E-state index contributed by atoms with van der Waals surface area (Å²) in [5.41, 5.74) is 0.0450. The van der Waals surface area contributed by atoms with E-state index in [9.17, 15) is 9.59 Å². The van der Waals surface area contributed by atoms with Gasteiger partial charge in [-0.3, -0.25) is 4.79 Å². The average molecular weight is 245 g/mol. The highest BCUT2D eigenvalue weighted by molar-refractivity contribution is 8.04. The topological polar surface area (TPSA) is 77.8 Å². The zero-order valence-electron chi connectivity index (χ0n) is 7.47. The van der Waals surface area contributed by atoms with E-state index < -0.39 is 11.9 Å². The molecule has 0 spiro atoms. The fourth-order valence-corrected chi connectivity index (χ4v) is 3.55. The van der Waals surface area contributed by atoms with Crippen LogP contribution in [-0.4, -0.2) is 37.4 Å². The number of thiocarbonyl (C=S) groups is 1. The zero-order chi connectivity index (χ0) is 11.2. The van der Waals surface area contributed by atoms with Crippen molar-refractivity contribution in [3.8, 4) is 0 Å². The van der Waals surface area contributed by atoms with Gasteiger partial charge in [-0.2, -0.15) is 0 Å². The second-order valence-electron chi connectivity index (χ2n) is 3.19. The third-order valence-electron chi connectivity index (χ3n) is 2.20. The summed E-state index contributed by atoms with van der Waals surface area (Å²) in [6.45, 7) is 0. The highest BCUT2D eigenvalue weighted by Gasteiger charge is 2.46. The Labute approximate surface area is 94.7 Å². The molecule has 0 aromatic heterocycles. The summed E-state index contributed by atoms with van der Waals surface area (Å²) >= 11 is 6.24. The number of hydrogen-bond donors (Lipinski definition) is 2. The monoisotopic (exact) mass is 245 g/mol. The fraction of sp³-hybridized carbons (Fsp3) is 0.375. The highest BCUT2D eigenvalue weighted by atomic mass is 32.2. The molecule has 0 aromatic rings. The summed E-state index contributed by atoms with van der Waals surface area (Å²) in [4.78, 5) is 24.0. The van der Waals surface area contributed by atoms with Crippen molar-refractivity contribution in [2.24, 2.45) is 0 Å². The molecule has 0 unspecified atom stereocenters. The quantitative estimate of drug-likeness (QED) is 0.714. The van der Waals surface area contributed by atoms with Crippen molar-refractivity contribution in [3.63, 3.8) is 0 Å². The Balaban J connectivity index is 2.31. The van der Waals surface area contributed by atoms with Gasteiger partial charge in [-0.25, -0.2) is 4.79 Å². The molecule has 1 fully saturated rings. The van der Waals surface area contributed by atoms with E-state index in [4.69, 9.17) is 22.4 Å². The van der Waals surface area contributed by atoms with E-state index >= 15 is 0 Å². The van der Waals surface area contributed by atoms with Crippen molar-refractivity contribution in [2.75, 3.05) is 0 Å². The minimum Gasteiger partial charge on any atom is -0.481 e. The van der Waals surface area contributed by atoms with Gasteiger partial charge in [0, 0.05) is 11.3 Å². The molecule has 0 aliphatic carbocycles. The predicted octanol–water partition coefficient (Wildman–Crippen LogP) is 0.863. The van der Waals surface area contributed by atoms with Gasteiger partial charge in [-0.15, -0.1) is 11.8 Å². The first-order valence-corrected chi connectivity index (χ1v) is 5.46. The van der Waals surface area contributed by atoms with E-state index in [1.54, 1.807) is 0 Å². The molecule has 0 aromatic carbocycles. The molecule has 0 bridgehead atoms. The number of rotatable bonds is 3. The van der Waals surface area contributed by atoms with Crippen molar-refractivity contribution in [2.45, 2.75) is 18.2 Å². The predicted molar refractivity (Wildman–Crippen MR) is 57.3 cm³/mol. The van der Waals surface area contributed by atoms with Crippen LogP contribution in [0.5, 0.6) is 0 Å². The van der Waals surface area contributed by atoms with E-state index in [0.717, 1.165) is 0 Å². The van der Waals surface area contributed by atoms with Crippen LogP contribution in [0.4, 0.5) is 0 Å². The van der Waals surface area contributed by atoms with Gasteiger partial charge in [-0.05, 0) is 0 Å². The minimum absolute atomic E-state index is 0.00190.